The number of benzene rings is 2. The van der Waals surface area contributed by atoms with Gasteiger partial charge in [0, 0.05) is 11.6 Å². The minimum Gasteiger partial charge on any atom is -0.493 e. The van der Waals surface area contributed by atoms with Crippen molar-refractivity contribution in [2.24, 2.45) is 0 Å². The van der Waals surface area contributed by atoms with Crippen LogP contribution in [-0.2, 0) is 11.3 Å². The molecule has 2 aromatic carbocycles. The zero-order valence-electron chi connectivity index (χ0n) is 17.6. The van der Waals surface area contributed by atoms with Crippen molar-refractivity contribution in [3.05, 3.63) is 52.8 Å². The molecule has 8 nitrogen and oxygen atoms in total. The number of carbonyl (C=O) groups is 1. The van der Waals surface area contributed by atoms with Crippen LogP contribution in [0.15, 0.2) is 41.8 Å². The largest absolute Gasteiger partial charge is 0.493 e. The first-order valence-corrected chi connectivity index (χ1v) is 10.7. The second-order valence-corrected chi connectivity index (χ2v) is 7.87. The van der Waals surface area contributed by atoms with Crippen LogP contribution in [0.2, 0.25) is 5.02 Å². The van der Waals surface area contributed by atoms with Gasteiger partial charge >= 0.3 is 0 Å². The molecule has 0 saturated heterocycles. The molecule has 10 heteroatoms. The Morgan fingerprint density at radius 3 is 2.45 bits per heavy atom. The summed E-state index contributed by atoms with van der Waals surface area (Å²) in [6.45, 7) is 2.25. The SMILES string of the molecule is COc1cc(CNC(=O)CSc2nncn2-c2ccc(C)c(Cl)c2)cc(OC)c1OC. The summed E-state index contributed by atoms with van der Waals surface area (Å²) in [5.41, 5.74) is 2.64. The molecule has 0 spiro atoms. The van der Waals surface area contributed by atoms with Crippen LogP contribution in [0.5, 0.6) is 17.2 Å². The number of ether oxygens (including phenoxy) is 3. The molecule has 0 unspecified atom stereocenters. The summed E-state index contributed by atoms with van der Waals surface area (Å²) in [7, 11) is 4.64. The van der Waals surface area contributed by atoms with E-state index in [4.69, 9.17) is 25.8 Å². The summed E-state index contributed by atoms with van der Waals surface area (Å²) >= 11 is 7.51. The fourth-order valence-electron chi connectivity index (χ4n) is 2.85. The molecule has 3 rings (SSSR count). The average molecular weight is 463 g/mol. The molecule has 0 bridgehead atoms. The third-order valence-corrected chi connectivity index (χ3v) is 5.85. The minimum atomic E-state index is -0.143. The first-order valence-electron chi connectivity index (χ1n) is 9.31. The number of thioether (sulfide) groups is 1. The standard InChI is InChI=1S/C21H23ClN4O4S/c1-13-5-6-15(9-16(13)22)26-12-24-25-21(26)31-11-19(27)23-10-14-7-17(28-2)20(30-4)18(8-14)29-3/h5-9,12H,10-11H2,1-4H3,(H,23,27). The van der Waals surface area contributed by atoms with E-state index in [2.05, 4.69) is 15.5 Å². The second-order valence-electron chi connectivity index (χ2n) is 6.52. The van der Waals surface area contributed by atoms with Crippen LogP contribution in [0.1, 0.15) is 11.1 Å². The number of nitrogens with one attached hydrogen (secondary N) is 1. The summed E-state index contributed by atoms with van der Waals surface area (Å²) in [5, 5.41) is 12.2. The molecule has 1 amide bonds. The first-order chi connectivity index (χ1) is 15.0. The van der Waals surface area contributed by atoms with E-state index in [1.54, 1.807) is 44.4 Å². The number of halogens is 1. The third-order valence-electron chi connectivity index (χ3n) is 4.50. The lowest BCUT2D eigenvalue weighted by Crippen LogP contribution is -2.24. The van der Waals surface area contributed by atoms with E-state index in [0.29, 0.717) is 34.0 Å². The Balaban J connectivity index is 1.62. The molecule has 0 atom stereocenters. The number of rotatable bonds is 9. The van der Waals surface area contributed by atoms with Crippen LogP contribution in [0.3, 0.4) is 0 Å². The molecule has 1 N–H and O–H groups in total. The average Bonchev–Trinajstić information content (AvgIpc) is 3.25. The number of aryl methyl sites for hydroxylation is 1. The number of aromatic nitrogens is 3. The van der Waals surface area contributed by atoms with Crippen molar-refractivity contribution in [3.63, 3.8) is 0 Å². The number of nitrogens with zero attached hydrogens (tertiary/aromatic N) is 3. The molecule has 0 saturated carbocycles. The molecule has 0 radical (unpaired) electrons. The maximum Gasteiger partial charge on any atom is 0.230 e. The lowest BCUT2D eigenvalue weighted by atomic mass is 10.2. The van der Waals surface area contributed by atoms with Gasteiger partial charge in [0.05, 0.1) is 32.8 Å². The Morgan fingerprint density at radius 2 is 1.84 bits per heavy atom. The fourth-order valence-corrected chi connectivity index (χ4v) is 3.78. The molecule has 0 aliphatic rings. The molecule has 0 aliphatic heterocycles. The van der Waals surface area contributed by atoms with Gasteiger partial charge in [0.25, 0.3) is 0 Å². The van der Waals surface area contributed by atoms with Crippen molar-refractivity contribution >= 4 is 29.3 Å². The fraction of sp³-hybridized carbons (Fsp3) is 0.286. The van der Waals surface area contributed by atoms with Gasteiger partial charge in [-0.15, -0.1) is 10.2 Å². The predicted octanol–water partition coefficient (Wildman–Crippen LogP) is 3.66. The number of methoxy groups -OCH3 is 3. The lowest BCUT2D eigenvalue weighted by molar-refractivity contribution is -0.118. The molecular weight excluding hydrogens is 440 g/mol. The zero-order valence-corrected chi connectivity index (χ0v) is 19.2. The maximum atomic E-state index is 12.4. The van der Waals surface area contributed by atoms with Crippen LogP contribution in [0, 0.1) is 6.92 Å². The Hall–Kier alpha value is -2.91. The second kappa shape index (κ2) is 10.4. The summed E-state index contributed by atoms with van der Waals surface area (Å²) in [6.07, 6.45) is 1.59. The van der Waals surface area contributed by atoms with E-state index in [-0.39, 0.29) is 11.7 Å². The summed E-state index contributed by atoms with van der Waals surface area (Å²) in [4.78, 5) is 12.4. The van der Waals surface area contributed by atoms with Crippen molar-refractivity contribution in [2.75, 3.05) is 27.1 Å². The molecule has 0 aliphatic carbocycles. The van der Waals surface area contributed by atoms with Crippen molar-refractivity contribution in [1.82, 2.24) is 20.1 Å². The molecule has 164 valence electrons. The monoisotopic (exact) mass is 462 g/mol. The minimum absolute atomic E-state index is 0.143. The highest BCUT2D eigenvalue weighted by atomic mass is 35.5. The van der Waals surface area contributed by atoms with Crippen LogP contribution >= 0.6 is 23.4 Å². The number of amides is 1. The van der Waals surface area contributed by atoms with Crippen LogP contribution in [0.25, 0.3) is 5.69 Å². The maximum absolute atomic E-state index is 12.4. The van der Waals surface area contributed by atoms with E-state index >= 15 is 0 Å². The molecule has 31 heavy (non-hydrogen) atoms. The van der Waals surface area contributed by atoms with Crippen molar-refractivity contribution in [3.8, 4) is 22.9 Å². The quantitative estimate of drug-likeness (QED) is 0.485. The molecule has 0 fully saturated rings. The Bertz CT molecular complexity index is 1050. The zero-order chi connectivity index (χ0) is 22.4. The Kier molecular flexibility index (Phi) is 7.64. The van der Waals surface area contributed by atoms with Gasteiger partial charge in [0.15, 0.2) is 16.7 Å². The Morgan fingerprint density at radius 1 is 1.13 bits per heavy atom. The highest BCUT2D eigenvalue weighted by Crippen LogP contribution is 2.38. The van der Waals surface area contributed by atoms with E-state index < -0.39 is 0 Å². The normalized spacial score (nSPS) is 10.6. The number of hydrogen-bond acceptors (Lipinski definition) is 7. The van der Waals surface area contributed by atoms with Crippen molar-refractivity contribution in [1.29, 1.82) is 0 Å². The number of carbonyl (C=O) groups excluding carboxylic acids is 1. The Labute approximate surface area is 189 Å². The topological polar surface area (TPSA) is 87.5 Å². The third kappa shape index (κ3) is 5.42. The van der Waals surface area contributed by atoms with Gasteiger partial charge in [-0.25, -0.2) is 0 Å². The number of hydrogen-bond donors (Lipinski definition) is 1. The van der Waals surface area contributed by atoms with E-state index in [9.17, 15) is 4.79 Å². The van der Waals surface area contributed by atoms with Gasteiger partial charge in [-0.2, -0.15) is 0 Å². The molecule has 1 aromatic heterocycles. The van der Waals surface area contributed by atoms with Crippen LogP contribution in [0.4, 0.5) is 0 Å². The summed E-state index contributed by atoms with van der Waals surface area (Å²) in [6, 6.07) is 9.29. The van der Waals surface area contributed by atoms with Gasteiger partial charge in [0.1, 0.15) is 6.33 Å². The van der Waals surface area contributed by atoms with Gasteiger partial charge in [-0.05, 0) is 42.3 Å². The summed E-state index contributed by atoms with van der Waals surface area (Å²) < 4.78 is 17.8. The summed E-state index contributed by atoms with van der Waals surface area (Å²) in [5.74, 6) is 1.61. The lowest BCUT2D eigenvalue weighted by Gasteiger charge is -2.14. The van der Waals surface area contributed by atoms with E-state index in [0.717, 1.165) is 16.8 Å². The van der Waals surface area contributed by atoms with Crippen molar-refractivity contribution < 1.29 is 19.0 Å². The highest BCUT2D eigenvalue weighted by Gasteiger charge is 2.15. The van der Waals surface area contributed by atoms with Gasteiger partial charge < -0.3 is 19.5 Å². The molecular formula is C21H23ClN4O4S. The predicted molar refractivity (Wildman–Crippen MR) is 120 cm³/mol. The van der Waals surface area contributed by atoms with Gasteiger partial charge in [0.2, 0.25) is 11.7 Å². The van der Waals surface area contributed by atoms with E-state index in [1.807, 2.05) is 25.1 Å². The van der Waals surface area contributed by atoms with Crippen LogP contribution < -0.4 is 19.5 Å². The molecule has 1 heterocycles. The van der Waals surface area contributed by atoms with Crippen molar-refractivity contribution in [2.45, 2.75) is 18.6 Å². The van der Waals surface area contributed by atoms with E-state index in [1.165, 1.54) is 11.8 Å². The van der Waals surface area contributed by atoms with Gasteiger partial charge in [-0.1, -0.05) is 29.4 Å². The van der Waals surface area contributed by atoms with Crippen LogP contribution in [-0.4, -0.2) is 47.8 Å². The first kappa shape index (κ1) is 22.8. The molecule has 3 aromatic rings. The smallest absolute Gasteiger partial charge is 0.230 e. The highest BCUT2D eigenvalue weighted by molar-refractivity contribution is 7.99. The van der Waals surface area contributed by atoms with Gasteiger partial charge in [-0.3, -0.25) is 9.36 Å².